The maximum absolute atomic E-state index is 4.70. The summed E-state index contributed by atoms with van der Waals surface area (Å²) >= 11 is 3.25. The van der Waals surface area contributed by atoms with Gasteiger partial charge < -0.3 is 5.32 Å². The minimum absolute atomic E-state index is 0.587. The maximum Gasteiger partial charge on any atom is 0.223 e. The first kappa shape index (κ1) is 14.9. The highest BCUT2D eigenvalue weighted by Crippen LogP contribution is 2.34. The number of nitrogens with zero attached hydrogens (tertiary/aromatic N) is 4. The minimum Gasteiger partial charge on any atom is -0.350 e. The number of rotatable bonds is 5. The van der Waals surface area contributed by atoms with Gasteiger partial charge in [0.25, 0.3) is 0 Å². The quantitative estimate of drug-likeness (QED) is 0.579. The smallest absolute Gasteiger partial charge is 0.223 e. The summed E-state index contributed by atoms with van der Waals surface area (Å²) in [6.07, 6.45) is 7.25. The van der Waals surface area contributed by atoms with Crippen molar-refractivity contribution in [3.8, 4) is 21.1 Å². The van der Waals surface area contributed by atoms with Crippen LogP contribution >= 0.6 is 22.7 Å². The number of anilines is 1. The van der Waals surface area contributed by atoms with Crippen LogP contribution in [0.5, 0.6) is 0 Å². The van der Waals surface area contributed by atoms with Crippen LogP contribution in [-0.4, -0.2) is 19.9 Å². The Hall–Kier alpha value is -2.64. The van der Waals surface area contributed by atoms with Gasteiger partial charge in [-0.3, -0.25) is 4.98 Å². The van der Waals surface area contributed by atoms with Crippen LogP contribution < -0.4 is 5.32 Å². The lowest BCUT2D eigenvalue weighted by Gasteiger charge is -2.09. The van der Waals surface area contributed by atoms with Gasteiger partial charge in [0.05, 0.1) is 0 Å². The number of nitrogens with one attached hydrogen (secondary N) is 1. The molecule has 0 saturated carbocycles. The van der Waals surface area contributed by atoms with Gasteiger partial charge in [-0.05, 0) is 23.1 Å². The Morgan fingerprint density at radius 1 is 0.958 bits per heavy atom. The lowest BCUT2D eigenvalue weighted by Crippen LogP contribution is -2.05. The van der Waals surface area contributed by atoms with E-state index in [0.717, 1.165) is 26.7 Å². The molecule has 118 valence electrons. The van der Waals surface area contributed by atoms with E-state index in [-0.39, 0.29) is 0 Å². The first-order valence-corrected chi connectivity index (χ1v) is 9.09. The van der Waals surface area contributed by atoms with Crippen LogP contribution in [0.3, 0.4) is 0 Å². The third kappa shape index (κ3) is 3.17. The number of thiazole rings is 1. The summed E-state index contributed by atoms with van der Waals surface area (Å²) in [6.45, 7) is 0.628. The Kier molecular flexibility index (Phi) is 4.26. The molecule has 4 rings (SSSR count). The topological polar surface area (TPSA) is 63.6 Å². The molecule has 0 atom stereocenters. The van der Waals surface area contributed by atoms with Crippen molar-refractivity contribution in [3.63, 3.8) is 0 Å². The zero-order chi connectivity index (χ0) is 16.2. The van der Waals surface area contributed by atoms with Crippen LogP contribution in [0.15, 0.2) is 59.8 Å². The first-order valence-electron chi connectivity index (χ1n) is 7.34. The van der Waals surface area contributed by atoms with E-state index in [0.29, 0.717) is 12.5 Å². The molecular weight excluding hydrogens is 338 g/mol. The van der Waals surface area contributed by atoms with E-state index in [4.69, 9.17) is 4.98 Å². The van der Waals surface area contributed by atoms with E-state index in [1.807, 2.05) is 36.0 Å². The second kappa shape index (κ2) is 6.86. The monoisotopic (exact) mass is 351 g/mol. The minimum atomic E-state index is 0.587. The highest BCUT2D eigenvalue weighted by atomic mass is 32.1. The fourth-order valence-electron chi connectivity index (χ4n) is 2.27. The summed E-state index contributed by atoms with van der Waals surface area (Å²) in [5.74, 6) is 0.587. The lowest BCUT2D eigenvalue weighted by molar-refractivity contribution is 1.04. The van der Waals surface area contributed by atoms with Gasteiger partial charge in [0, 0.05) is 47.2 Å². The second-order valence-corrected chi connectivity index (χ2v) is 6.83. The number of aromatic nitrogens is 4. The Morgan fingerprint density at radius 3 is 2.71 bits per heavy atom. The van der Waals surface area contributed by atoms with E-state index in [9.17, 15) is 0 Å². The van der Waals surface area contributed by atoms with E-state index >= 15 is 0 Å². The molecule has 24 heavy (non-hydrogen) atoms. The van der Waals surface area contributed by atoms with Crippen molar-refractivity contribution >= 4 is 28.6 Å². The molecule has 5 nitrogen and oxygen atoms in total. The summed E-state index contributed by atoms with van der Waals surface area (Å²) in [6, 6.07) is 8.03. The highest BCUT2D eigenvalue weighted by molar-refractivity contribution is 7.14. The Morgan fingerprint density at radius 2 is 1.96 bits per heavy atom. The highest BCUT2D eigenvalue weighted by Gasteiger charge is 2.14. The fourth-order valence-corrected chi connectivity index (χ4v) is 3.64. The zero-order valence-corrected chi connectivity index (χ0v) is 14.2. The van der Waals surface area contributed by atoms with E-state index in [1.54, 1.807) is 35.1 Å². The van der Waals surface area contributed by atoms with Crippen molar-refractivity contribution in [2.75, 3.05) is 5.32 Å². The Bertz CT molecular complexity index is 906. The normalized spacial score (nSPS) is 10.7. The van der Waals surface area contributed by atoms with Gasteiger partial charge in [0.2, 0.25) is 5.95 Å². The van der Waals surface area contributed by atoms with Gasteiger partial charge in [-0.15, -0.1) is 22.7 Å². The average Bonchev–Trinajstić information content (AvgIpc) is 3.34. The number of hydrogen-bond acceptors (Lipinski definition) is 7. The second-order valence-electron chi connectivity index (χ2n) is 4.99. The van der Waals surface area contributed by atoms with Crippen molar-refractivity contribution in [2.24, 2.45) is 0 Å². The van der Waals surface area contributed by atoms with E-state index in [2.05, 4.69) is 31.7 Å². The van der Waals surface area contributed by atoms with Gasteiger partial charge in [0.1, 0.15) is 10.7 Å². The van der Waals surface area contributed by atoms with Gasteiger partial charge in [-0.2, -0.15) is 0 Å². The molecule has 0 unspecified atom stereocenters. The molecule has 4 aromatic rings. The Labute approximate surface area is 147 Å². The van der Waals surface area contributed by atoms with Gasteiger partial charge >= 0.3 is 0 Å². The van der Waals surface area contributed by atoms with Crippen LogP contribution in [0.2, 0.25) is 0 Å². The van der Waals surface area contributed by atoms with Crippen molar-refractivity contribution < 1.29 is 0 Å². The number of thiophene rings is 1. The molecule has 0 spiro atoms. The standard InChI is InChI=1S/C17H13N5S2/c1-3-12(9-18-5-1)10-20-17-21-11-13(14-4-2-7-23-14)15(22-17)16-19-6-8-24-16/h1-9,11H,10H2,(H,20,21,22). The van der Waals surface area contributed by atoms with Gasteiger partial charge in [0.15, 0.2) is 0 Å². The van der Waals surface area contributed by atoms with Crippen molar-refractivity contribution in [2.45, 2.75) is 6.54 Å². The summed E-state index contributed by atoms with van der Waals surface area (Å²) in [5.41, 5.74) is 2.95. The van der Waals surface area contributed by atoms with Crippen LogP contribution in [0.1, 0.15) is 5.56 Å². The summed E-state index contributed by atoms with van der Waals surface area (Å²) in [7, 11) is 0. The number of pyridine rings is 1. The van der Waals surface area contributed by atoms with Gasteiger partial charge in [-0.1, -0.05) is 12.1 Å². The predicted molar refractivity (Wildman–Crippen MR) is 98.0 cm³/mol. The molecule has 1 N–H and O–H groups in total. The van der Waals surface area contributed by atoms with Crippen molar-refractivity contribution in [1.29, 1.82) is 0 Å². The SMILES string of the molecule is c1cncc(CNc2ncc(-c3cccs3)c(-c3nccs3)n2)c1. The molecule has 0 aliphatic carbocycles. The molecule has 4 aromatic heterocycles. The fraction of sp³-hybridized carbons (Fsp3) is 0.0588. The summed E-state index contributed by atoms with van der Waals surface area (Å²) < 4.78 is 0. The molecule has 4 heterocycles. The molecule has 0 radical (unpaired) electrons. The molecule has 0 aromatic carbocycles. The third-order valence-electron chi connectivity index (χ3n) is 3.38. The van der Waals surface area contributed by atoms with Gasteiger partial charge in [-0.25, -0.2) is 15.0 Å². The molecule has 0 bridgehead atoms. The zero-order valence-electron chi connectivity index (χ0n) is 12.6. The molecule has 7 heteroatoms. The molecule has 0 aliphatic heterocycles. The molecule has 0 amide bonds. The summed E-state index contributed by atoms with van der Waals surface area (Å²) in [5, 5.41) is 8.16. The average molecular weight is 351 g/mol. The predicted octanol–water partition coefficient (Wildman–Crippen LogP) is 4.34. The van der Waals surface area contributed by atoms with Crippen molar-refractivity contribution in [3.05, 3.63) is 65.4 Å². The Balaban J connectivity index is 1.66. The third-order valence-corrected chi connectivity index (χ3v) is 5.07. The lowest BCUT2D eigenvalue weighted by atomic mass is 10.2. The molecule has 0 aliphatic rings. The number of hydrogen-bond donors (Lipinski definition) is 1. The van der Waals surface area contributed by atoms with E-state index in [1.165, 1.54) is 0 Å². The molecule has 0 fully saturated rings. The van der Waals surface area contributed by atoms with Crippen LogP contribution in [-0.2, 0) is 6.54 Å². The maximum atomic E-state index is 4.70. The molecular formula is C17H13N5S2. The molecule has 0 saturated heterocycles. The van der Waals surface area contributed by atoms with Crippen LogP contribution in [0.4, 0.5) is 5.95 Å². The van der Waals surface area contributed by atoms with Crippen molar-refractivity contribution in [1.82, 2.24) is 19.9 Å². The van der Waals surface area contributed by atoms with Crippen LogP contribution in [0.25, 0.3) is 21.1 Å². The summed E-state index contributed by atoms with van der Waals surface area (Å²) in [4.78, 5) is 18.8. The first-order chi connectivity index (χ1) is 11.9. The largest absolute Gasteiger partial charge is 0.350 e. The van der Waals surface area contributed by atoms with Crippen LogP contribution in [0, 0.1) is 0 Å². The van der Waals surface area contributed by atoms with E-state index < -0.39 is 0 Å².